The summed E-state index contributed by atoms with van der Waals surface area (Å²) in [5.41, 5.74) is 3.89. The predicted molar refractivity (Wildman–Crippen MR) is 116 cm³/mol. The van der Waals surface area contributed by atoms with Crippen LogP contribution in [-0.4, -0.2) is 12.5 Å². The lowest BCUT2D eigenvalue weighted by molar-refractivity contribution is -0.679. The Morgan fingerprint density at radius 3 is 2.28 bits per heavy atom. The van der Waals surface area contributed by atoms with Gasteiger partial charge in [-0.1, -0.05) is 50.1 Å². The summed E-state index contributed by atoms with van der Waals surface area (Å²) in [5, 5.41) is 2.97. The number of benzene rings is 2. The average Bonchev–Trinajstić information content (AvgIpc) is 2.76. The van der Waals surface area contributed by atoms with Gasteiger partial charge in [0.25, 0.3) is 5.91 Å². The minimum Gasteiger partial charge on any atom is -0.494 e. The highest BCUT2D eigenvalue weighted by Gasteiger charge is 2.10. The topological polar surface area (TPSA) is 42.2 Å². The van der Waals surface area contributed by atoms with Crippen LogP contribution in [0, 0.1) is 0 Å². The van der Waals surface area contributed by atoms with Gasteiger partial charge in [0.1, 0.15) is 19.3 Å². The molecule has 3 aromatic rings. The van der Waals surface area contributed by atoms with E-state index < -0.39 is 0 Å². The van der Waals surface area contributed by atoms with Crippen LogP contribution in [0.1, 0.15) is 42.2 Å². The van der Waals surface area contributed by atoms with E-state index in [0.29, 0.717) is 12.1 Å². The van der Waals surface area contributed by atoms with Gasteiger partial charge >= 0.3 is 0 Å². The van der Waals surface area contributed by atoms with Crippen LogP contribution in [0.4, 0.5) is 0 Å². The SMILES string of the molecule is CCCCCOc1ccc(-c2ccc(C(=O)NCc3cccc[n+]3C)cc2)cc1. The van der Waals surface area contributed by atoms with E-state index in [1.165, 1.54) is 12.8 Å². The van der Waals surface area contributed by atoms with Crippen LogP contribution in [-0.2, 0) is 13.6 Å². The van der Waals surface area contributed by atoms with E-state index >= 15 is 0 Å². The van der Waals surface area contributed by atoms with Crippen LogP contribution in [0.25, 0.3) is 11.1 Å². The molecule has 0 atom stereocenters. The Hall–Kier alpha value is -3.14. The molecule has 0 unspecified atom stereocenters. The Kier molecular flexibility index (Phi) is 7.40. The number of hydrogen-bond donors (Lipinski definition) is 1. The monoisotopic (exact) mass is 389 g/mol. The molecular weight excluding hydrogens is 360 g/mol. The molecule has 1 heterocycles. The molecule has 3 rings (SSSR count). The molecule has 0 aliphatic heterocycles. The number of nitrogens with one attached hydrogen (secondary N) is 1. The summed E-state index contributed by atoms with van der Waals surface area (Å²) in [7, 11) is 1.97. The Balaban J connectivity index is 1.56. The molecule has 4 heteroatoms. The fourth-order valence-corrected chi connectivity index (χ4v) is 3.11. The molecule has 0 bridgehead atoms. The number of aryl methyl sites for hydroxylation is 1. The number of amides is 1. The molecule has 0 saturated carbocycles. The number of rotatable bonds is 9. The number of pyridine rings is 1. The minimum atomic E-state index is -0.0729. The van der Waals surface area contributed by atoms with Gasteiger partial charge in [-0.05, 0) is 41.8 Å². The summed E-state index contributed by atoms with van der Waals surface area (Å²) in [6.07, 6.45) is 5.45. The second kappa shape index (κ2) is 10.4. The summed E-state index contributed by atoms with van der Waals surface area (Å²) in [5.74, 6) is 0.825. The highest BCUT2D eigenvalue weighted by Crippen LogP contribution is 2.23. The third-order valence-corrected chi connectivity index (χ3v) is 4.94. The van der Waals surface area contributed by atoms with Crippen LogP contribution in [0.5, 0.6) is 5.75 Å². The molecule has 0 aliphatic carbocycles. The van der Waals surface area contributed by atoms with Gasteiger partial charge in [-0.2, -0.15) is 0 Å². The number of hydrogen-bond acceptors (Lipinski definition) is 2. The molecular formula is C25H29N2O2+. The van der Waals surface area contributed by atoms with Crippen LogP contribution < -0.4 is 14.6 Å². The number of unbranched alkanes of at least 4 members (excludes halogenated alkanes) is 2. The summed E-state index contributed by atoms with van der Waals surface area (Å²) in [4.78, 5) is 12.4. The lowest BCUT2D eigenvalue weighted by Crippen LogP contribution is -2.36. The lowest BCUT2D eigenvalue weighted by atomic mass is 10.0. The second-order valence-corrected chi connectivity index (χ2v) is 7.14. The highest BCUT2D eigenvalue weighted by atomic mass is 16.5. The largest absolute Gasteiger partial charge is 0.494 e. The van der Waals surface area contributed by atoms with Crippen LogP contribution in [0.2, 0.25) is 0 Å². The number of nitrogens with zero attached hydrogens (tertiary/aromatic N) is 1. The zero-order valence-electron chi connectivity index (χ0n) is 17.2. The molecule has 2 aromatic carbocycles. The quantitative estimate of drug-likeness (QED) is 0.427. The van der Waals surface area contributed by atoms with Gasteiger partial charge in [0, 0.05) is 17.7 Å². The Morgan fingerprint density at radius 2 is 1.62 bits per heavy atom. The Labute approximate surface area is 173 Å². The fourth-order valence-electron chi connectivity index (χ4n) is 3.11. The molecule has 0 fully saturated rings. The van der Waals surface area contributed by atoms with Crippen molar-refractivity contribution in [3.8, 4) is 16.9 Å². The van der Waals surface area contributed by atoms with E-state index in [9.17, 15) is 4.79 Å². The van der Waals surface area contributed by atoms with Crippen LogP contribution in [0.15, 0.2) is 72.9 Å². The number of aromatic nitrogens is 1. The molecule has 150 valence electrons. The number of ether oxygens (including phenoxy) is 1. The van der Waals surface area contributed by atoms with Gasteiger partial charge in [0.15, 0.2) is 11.9 Å². The van der Waals surface area contributed by atoms with Crippen molar-refractivity contribution >= 4 is 5.91 Å². The van der Waals surface area contributed by atoms with Crippen molar-refractivity contribution in [3.05, 3.63) is 84.2 Å². The van der Waals surface area contributed by atoms with Gasteiger partial charge in [0.2, 0.25) is 0 Å². The molecule has 0 spiro atoms. The van der Waals surface area contributed by atoms with Crippen molar-refractivity contribution in [3.63, 3.8) is 0 Å². The summed E-state index contributed by atoms with van der Waals surface area (Å²) in [6.45, 7) is 3.45. The van der Waals surface area contributed by atoms with Crippen LogP contribution >= 0.6 is 0 Å². The van der Waals surface area contributed by atoms with Gasteiger partial charge in [-0.15, -0.1) is 0 Å². The fraction of sp³-hybridized carbons (Fsp3) is 0.280. The van der Waals surface area contributed by atoms with Crippen molar-refractivity contribution in [1.82, 2.24) is 5.32 Å². The van der Waals surface area contributed by atoms with Crippen molar-refractivity contribution in [2.45, 2.75) is 32.7 Å². The van der Waals surface area contributed by atoms with E-state index in [0.717, 1.165) is 35.6 Å². The maximum atomic E-state index is 12.4. The summed E-state index contributed by atoms with van der Waals surface area (Å²) in [6, 6.07) is 21.7. The van der Waals surface area contributed by atoms with Crippen LogP contribution in [0.3, 0.4) is 0 Å². The van der Waals surface area contributed by atoms with E-state index in [4.69, 9.17) is 4.74 Å². The van der Waals surface area contributed by atoms with E-state index in [2.05, 4.69) is 24.4 Å². The van der Waals surface area contributed by atoms with Gasteiger partial charge < -0.3 is 10.1 Å². The third-order valence-electron chi connectivity index (χ3n) is 4.94. The molecule has 0 aliphatic rings. The molecule has 0 saturated heterocycles. The zero-order chi connectivity index (χ0) is 20.5. The molecule has 4 nitrogen and oxygen atoms in total. The van der Waals surface area contributed by atoms with E-state index in [-0.39, 0.29) is 5.91 Å². The predicted octanol–water partition coefficient (Wildman–Crippen LogP) is 4.68. The minimum absolute atomic E-state index is 0.0729. The molecule has 1 aromatic heterocycles. The molecule has 0 radical (unpaired) electrons. The zero-order valence-corrected chi connectivity index (χ0v) is 17.2. The maximum Gasteiger partial charge on any atom is 0.251 e. The van der Waals surface area contributed by atoms with E-state index in [1.54, 1.807) is 0 Å². The highest BCUT2D eigenvalue weighted by molar-refractivity contribution is 5.94. The summed E-state index contributed by atoms with van der Waals surface area (Å²) >= 11 is 0. The Bertz CT molecular complexity index is 918. The molecule has 1 N–H and O–H groups in total. The van der Waals surface area contributed by atoms with Crippen molar-refractivity contribution in [2.24, 2.45) is 7.05 Å². The first-order valence-corrected chi connectivity index (χ1v) is 10.2. The third kappa shape index (κ3) is 5.92. The second-order valence-electron chi connectivity index (χ2n) is 7.14. The first-order valence-electron chi connectivity index (χ1n) is 10.2. The van der Waals surface area contributed by atoms with Crippen molar-refractivity contribution < 1.29 is 14.1 Å². The average molecular weight is 390 g/mol. The number of carbonyl (C=O) groups excluding carboxylic acids is 1. The lowest BCUT2D eigenvalue weighted by Gasteiger charge is -2.08. The maximum absolute atomic E-state index is 12.4. The standard InChI is InChI=1S/C25H28N2O2/c1-3-4-7-18-29-24-15-13-21(14-16-24)20-9-11-22(12-10-20)25(28)26-19-23-8-5-6-17-27(23)2/h5-6,8-17H,3-4,7,18-19H2,1-2H3/p+1. The van der Waals surface area contributed by atoms with E-state index in [1.807, 2.05) is 72.4 Å². The smallest absolute Gasteiger partial charge is 0.251 e. The molecule has 1 amide bonds. The first kappa shape index (κ1) is 20.6. The van der Waals surface area contributed by atoms with Crippen molar-refractivity contribution in [2.75, 3.05) is 6.61 Å². The van der Waals surface area contributed by atoms with Gasteiger partial charge in [-0.3, -0.25) is 4.79 Å². The van der Waals surface area contributed by atoms with Gasteiger partial charge in [0.05, 0.1) is 6.61 Å². The van der Waals surface area contributed by atoms with Crippen molar-refractivity contribution in [1.29, 1.82) is 0 Å². The Morgan fingerprint density at radius 1 is 0.931 bits per heavy atom. The normalized spacial score (nSPS) is 10.6. The summed E-state index contributed by atoms with van der Waals surface area (Å²) < 4.78 is 7.77. The number of carbonyl (C=O) groups is 1. The molecule has 29 heavy (non-hydrogen) atoms. The first-order chi connectivity index (χ1) is 14.2. The van der Waals surface area contributed by atoms with Gasteiger partial charge in [-0.25, -0.2) is 4.57 Å².